The van der Waals surface area contributed by atoms with Gasteiger partial charge in [-0.15, -0.1) is 0 Å². The minimum Gasteiger partial charge on any atom is -0.487 e. The van der Waals surface area contributed by atoms with Gasteiger partial charge in [0.05, 0.1) is 16.0 Å². The van der Waals surface area contributed by atoms with Crippen molar-refractivity contribution in [2.24, 2.45) is 5.73 Å². The van der Waals surface area contributed by atoms with Crippen LogP contribution >= 0.6 is 11.6 Å². The zero-order valence-corrected chi connectivity index (χ0v) is 11.6. The fourth-order valence-electron chi connectivity index (χ4n) is 1.85. The van der Waals surface area contributed by atoms with Gasteiger partial charge < -0.3 is 10.5 Å². The molecular formula is C14H12ClFN2O3. The first-order chi connectivity index (χ1) is 10.0. The van der Waals surface area contributed by atoms with E-state index in [1.54, 1.807) is 18.2 Å². The van der Waals surface area contributed by atoms with E-state index in [0.717, 1.165) is 6.07 Å². The molecule has 0 aliphatic rings. The summed E-state index contributed by atoms with van der Waals surface area (Å²) >= 11 is 6.02. The smallest absolute Gasteiger partial charge is 0.272 e. The first-order valence-corrected chi connectivity index (χ1v) is 6.43. The number of nitro groups is 1. The van der Waals surface area contributed by atoms with Crippen molar-refractivity contribution < 1.29 is 14.1 Å². The van der Waals surface area contributed by atoms with E-state index in [-0.39, 0.29) is 18.8 Å². The van der Waals surface area contributed by atoms with Gasteiger partial charge in [-0.3, -0.25) is 10.1 Å². The van der Waals surface area contributed by atoms with Gasteiger partial charge in [0.25, 0.3) is 5.69 Å². The molecule has 0 heterocycles. The SMILES string of the molecule is NCc1cccc(Cl)c1OCc1cc(F)cc([N+](=O)[O-])c1. The number of nitrogens with two attached hydrogens (primary N) is 1. The van der Waals surface area contributed by atoms with E-state index in [2.05, 4.69) is 0 Å². The standard InChI is InChI=1S/C14H12ClFN2O3/c15-13-3-1-2-10(7-17)14(13)21-8-9-4-11(16)6-12(5-9)18(19)20/h1-6H,7-8,17H2. The number of nitrogens with zero attached hydrogens (tertiary/aromatic N) is 1. The molecule has 2 aromatic carbocycles. The van der Waals surface area contributed by atoms with Crippen LogP contribution in [0.1, 0.15) is 11.1 Å². The van der Waals surface area contributed by atoms with Crippen molar-refractivity contribution in [3.05, 3.63) is 68.5 Å². The van der Waals surface area contributed by atoms with Gasteiger partial charge in [-0.1, -0.05) is 23.7 Å². The van der Waals surface area contributed by atoms with Crippen molar-refractivity contribution in [1.29, 1.82) is 0 Å². The highest BCUT2D eigenvalue weighted by Crippen LogP contribution is 2.29. The Bertz CT molecular complexity index is 679. The normalized spacial score (nSPS) is 10.4. The number of rotatable bonds is 5. The molecule has 2 N–H and O–H groups in total. The molecule has 2 rings (SSSR count). The first-order valence-electron chi connectivity index (χ1n) is 6.05. The minimum absolute atomic E-state index is 0.0463. The monoisotopic (exact) mass is 310 g/mol. The molecule has 0 amide bonds. The highest BCUT2D eigenvalue weighted by atomic mass is 35.5. The third-order valence-corrected chi connectivity index (χ3v) is 3.10. The molecular weight excluding hydrogens is 299 g/mol. The molecule has 0 aliphatic carbocycles. The van der Waals surface area contributed by atoms with E-state index in [4.69, 9.17) is 22.1 Å². The van der Waals surface area contributed by atoms with E-state index in [9.17, 15) is 14.5 Å². The second-order valence-corrected chi connectivity index (χ2v) is 4.70. The Hall–Kier alpha value is -2.18. The van der Waals surface area contributed by atoms with Crippen LogP contribution in [0.4, 0.5) is 10.1 Å². The maximum Gasteiger partial charge on any atom is 0.272 e. The zero-order valence-electron chi connectivity index (χ0n) is 10.9. The summed E-state index contributed by atoms with van der Waals surface area (Å²) in [5, 5.41) is 11.1. The van der Waals surface area contributed by atoms with E-state index < -0.39 is 10.7 Å². The fourth-order valence-corrected chi connectivity index (χ4v) is 2.10. The Morgan fingerprint density at radius 3 is 2.76 bits per heavy atom. The van der Waals surface area contributed by atoms with Crippen LogP contribution in [0.2, 0.25) is 5.02 Å². The number of para-hydroxylation sites is 1. The summed E-state index contributed by atoms with van der Waals surface area (Å²) < 4.78 is 18.9. The van der Waals surface area contributed by atoms with Gasteiger partial charge in [-0.05, 0) is 17.7 Å². The molecule has 0 bridgehead atoms. The summed E-state index contributed by atoms with van der Waals surface area (Å²) in [6.45, 7) is 0.189. The third kappa shape index (κ3) is 3.68. The van der Waals surface area contributed by atoms with Crippen LogP contribution in [-0.4, -0.2) is 4.92 Å². The largest absolute Gasteiger partial charge is 0.487 e. The Morgan fingerprint density at radius 1 is 1.33 bits per heavy atom. The molecule has 21 heavy (non-hydrogen) atoms. The molecule has 7 heteroatoms. The summed E-state index contributed by atoms with van der Waals surface area (Å²) in [5.74, 6) is -0.297. The quantitative estimate of drug-likeness (QED) is 0.678. The van der Waals surface area contributed by atoms with Crippen molar-refractivity contribution in [2.75, 3.05) is 0 Å². The van der Waals surface area contributed by atoms with Gasteiger partial charge in [0, 0.05) is 18.2 Å². The third-order valence-electron chi connectivity index (χ3n) is 2.80. The van der Waals surface area contributed by atoms with Gasteiger partial charge in [0.1, 0.15) is 18.2 Å². The predicted octanol–water partition coefficient (Wildman–Crippen LogP) is 3.43. The molecule has 0 atom stereocenters. The molecule has 0 aromatic heterocycles. The maximum absolute atomic E-state index is 13.3. The Labute approximate surface area is 125 Å². The van der Waals surface area contributed by atoms with Crippen LogP contribution in [-0.2, 0) is 13.2 Å². The highest BCUT2D eigenvalue weighted by Gasteiger charge is 2.12. The maximum atomic E-state index is 13.3. The van der Waals surface area contributed by atoms with Crippen LogP contribution in [0.5, 0.6) is 5.75 Å². The lowest BCUT2D eigenvalue weighted by Crippen LogP contribution is -2.04. The summed E-state index contributed by atoms with van der Waals surface area (Å²) in [5.41, 5.74) is 6.30. The molecule has 0 spiro atoms. The van der Waals surface area contributed by atoms with Gasteiger partial charge >= 0.3 is 0 Å². The van der Waals surface area contributed by atoms with Crippen molar-refractivity contribution >= 4 is 17.3 Å². The molecule has 5 nitrogen and oxygen atoms in total. The van der Waals surface area contributed by atoms with Crippen LogP contribution in [0.25, 0.3) is 0 Å². The zero-order chi connectivity index (χ0) is 15.4. The van der Waals surface area contributed by atoms with Gasteiger partial charge in [0.2, 0.25) is 0 Å². The number of hydrogen-bond acceptors (Lipinski definition) is 4. The lowest BCUT2D eigenvalue weighted by atomic mass is 10.2. The van der Waals surface area contributed by atoms with Crippen molar-refractivity contribution in [3.8, 4) is 5.75 Å². The van der Waals surface area contributed by atoms with E-state index in [1.165, 1.54) is 12.1 Å². The summed E-state index contributed by atoms with van der Waals surface area (Å²) in [6.07, 6.45) is 0. The highest BCUT2D eigenvalue weighted by molar-refractivity contribution is 6.32. The van der Waals surface area contributed by atoms with Crippen molar-refractivity contribution in [1.82, 2.24) is 0 Å². The molecule has 110 valence electrons. The topological polar surface area (TPSA) is 78.4 Å². The second-order valence-electron chi connectivity index (χ2n) is 4.30. The number of nitro benzene ring substituents is 1. The second kappa shape index (κ2) is 6.51. The molecule has 0 saturated carbocycles. The number of benzene rings is 2. The lowest BCUT2D eigenvalue weighted by Gasteiger charge is -2.12. The molecule has 0 fully saturated rings. The average Bonchev–Trinajstić information content (AvgIpc) is 2.45. The van der Waals surface area contributed by atoms with E-state index in [0.29, 0.717) is 21.9 Å². The molecule has 0 aliphatic heterocycles. The number of halogens is 2. The Kier molecular flexibility index (Phi) is 4.72. The average molecular weight is 311 g/mol. The Balaban J connectivity index is 2.23. The van der Waals surface area contributed by atoms with E-state index >= 15 is 0 Å². The number of hydrogen-bond donors (Lipinski definition) is 1. The minimum atomic E-state index is -0.694. The summed E-state index contributed by atoms with van der Waals surface area (Å²) in [4.78, 5) is 10.0. The van der Waals surface area contributed by atoms with Crippen LogP contribution in [0, 0.1) is 15.9 Å². The number of non-ortho nitro benzene ring substituents is 1. The fraction of sp³-hybridized carbons (Fsp3) is 0.143. The predicted molar refractivity (Wildman–Crippen MR) is 76.7 cm³/mol. The van der Waals surface area contributed by atoms with Crippen molar-refractivity contribution in [2.45, 2.75) is 13.2 Å². The molecule has 0 radical (unpaired) electrons. The van der Waals surface area contributed by atoms with Gasteiger partial charge in [-0.2, -0.15) is 0 Å². The van der Waals surface area contributed by atoms with Crippen LogP contribution in [0.15, 0.2) is 36.4 Å². The first kappa shape index (κ1) is 15.2. The van der Waals surface area contributed by atoms with Crippen LogP contribution < -0.4 is 10.5 Å². The number of ether oxygens (including phenoxy) is 1. The molecule has 0 unspecified atom stereocenters. The van der Waals surface area contributed by atoms with Gasteiger partial charge in [-0.25, -0.2) is 4.39 Å². The van der Waals surface area contributed by atoms with Crippen LogP contribution in [0.3, 0.4) is 0 Å². The van der Waals surface area contributed by atoms with E-state index in [1.807, 2.05) is 0 Å². The molecule has 2 aromatic rings. The molecule has 0 saturated heterocycles. The lowest BCUT2D eigenvalue weighted by molar-refractivity contribution is -0.385. The summed E-state index contributed by atoms with van der Waals surface area (Å²) in [6, 6.07) is 8.42. The van der Waals surface area contributed by atoms with Crippen molar-refractivity contribution in [3.63, 3.8) is 0 Å². The Morgan fingerprint density at radius 2 is 2.10 bits per heavy atom. The summed E-state index contributed by atoms with van der Waals surface area (Å²) in [7, 11) is 0. The van der Waals surface area contributed by atoms with Gasteiger partial charge in [0.15, 0.2) is 0 Å².